The van der Waals surface area contributed by atoms with Gasteiger partial charge in [0, 0.05) is 17.1 Å². The molecule has 21 heavy (non-hydrogen) atoms. The minimum absolute atomic E-state index is 0.265. The zero-order valence-corrected chi connectivity index (χ0v) is 12.2. The molecule has 0 aliphatic heterocycles. The van der Waals surface area contributed by atoms with Crippen LogP contribution in [0.1, 0.15) is 22.7 Å². The number of hydrogen-bond donors (Lipinski definition) is 1. The summed E-state index contributed by atoms with van der Waals surface area (Å²) in [7, 11) is 1.67. The summed E-state index contributed by atoms with van der Waals surface area (Å²) in [4.78, 5) is 4.48. The van der Waals surface area contributed by atoms with E-state index in [0.29, 0.717) is 0 Å². The fourth-order valence-corrected chi connectivity index (χ4v) is 2.62. The predicted molar refractivity (Wildman–Crippen MR) is 85.5 cm³/mol. The van der Waals surface area contributed by atoms with Gasteiger partial charge in [0.05, 0.1) is 18.7 Å². The van der Waals surface area contributed by atoms with Crippen LogP contribution in [0.15, 0.2) is 54.7 Å². The van der Waals surface area contributed by atoms with Crippen molar-refractivity contribution in [2.75, 3.05) is 7.11 Å². The molecule has 1 aromatic heterocycles. The lowest BCUT2D eigenvalue weighted by atomic mass is 9.95. The van der Waals surface area contributed by atoms with E-state index < -0.39 is 0 Å². The summed E-state index contributed by atoms with van der Waals surface area (Å²) in [6.45, 7) is 2.04. The predicted octanol–water partition coefficient (Wildman–Crippen LogP) is 3.60. The second-order valence-electron chi connectivity index (χ2n) is 5.15. The van der Waals surface area contributed by atoms with Gasteiger partial charge in [-0.25, -0.2) is 0 Å². The number of rotatable bonds is 3. The lowest BCUT2D eigenvalue weighted by Crippen LogP contribution is -2.14. The van der Waals surface area contributed by atoms with Gasteiger partial charge >= 0.3 is 0 Å². The van der Waals surface area contributed by atoms with Crippen LogP contribution in [0.25, 0.3) is 10.9 Å². The molecule has 0 fully saturated rings. The summed E-state index contributed by atoms with van der Waals surface area (Å²) in [5.41, 5.74) is 10.6. The van der Waals surface area contributed by atoms with E-state index in [2.05, 4.69) is 11.1 Å². The van der Waals surface area contributed by atoms with Crippen molar-refractivity contribution in [3.05, 3.63) is 71.4 Å². The van der Waals surface area contributed by atoms with Gasteiger partial charge in [-0.05, 0) is 30.2 Å². The number of ether oxygens (including phenoxy) is 1. The standard InChI is InChI=1S/C18H18N2O/c1-12-8-9-14(16(11-12)21-2)17(19)15-7-3-5-13-6-4-10-20-18(13)15/h3-11,17H,19H2,1-2H3. The van der Waals surface area contributed by atoms with Crippen LogP contribution in [-0.4, -0.2) is 12.1 Å². The third kappa shape index (κ3) is 2.48. The molecule has 0 saturated carbocycles. The Kier molecular flexibility index (Phi) is 3.59. The Morgan fingerprint density at radius 3 is 2.67 bits per heavy atom. The minimum Gasteiger partial charge on any atom is -0.496 e. The van der Waals surface area contributed by atoms with Gasteiger partial charge in [0.1, 0.15) is 5.75 Å². The van der Waals surface area contributed by atoms with Crippen LogP contribution in [0.2, 0.25) is 0 Å². The van der Waals surface area contributed by atoms with Crippen molar-refractivity contribution in [2.24, 2.45) is 5.73 Å². The maximum atomic E-state index is 6.49. The molecule has 1 unspecified atom stereocenters. The Morgan fingerprint density at radius 1 is 1.05 bits per heavy atom. The van der Waals surface area contributed by atoms with E-state index in [1.807, 2.05) is 49.4 Å². The van der Waals surface area contributed by atoms with Crippen molar-refractivity contribution in [1.29, 1.82) is 0 Å². The molecule has 106 valence electrons. The molecule has 0 amide bonds. The first-order valence-corrected chi connectivity index (χ1v) is 6.94. The third-order valence-corrected chi connectivity index (χ3v) is 3.72. The summed E-state index contributed by atoms with van der Waals surface area (Å²) in [5, 5.41) is 1.09. The van der Waals surface area contributed by atoms with Gasteiger partial charge in [-0.15, -0.1) is 0 Å². The Hall–Kier alpha value is -2.39. The summed E-state index contributed by atoms with van der Waals surface area (Å²) in [6.07, 6.45) is 1.80. The van der Waals surface area contributed by atoms with Crippen molar-refractivity contribution in [2.45, 2.75) is 13.0 Å². The fraction of sp³-hybridized carbons (Fsp3) is 0.167. The zero-order valence-electron chi connectivity index (χ0n) is 12.2. The molecule has 0 spiro atoms. The SMILES string of the molecule is COc1cc(C)ccc1C(N)c1cccc2cccnc12. The highest BCUT2D eigenvalue weighted by molar-refractivity contribution is 5.82. The number of pyridine rings is 1. The molecule has 0 bridgehead atoms. The smallest absolute Gasteiger partial charge is 0.124 e. The maximum absolute atomic E-state index is 6.49. The molecular formula is C18H18N2O. The van der Waals surface area contributed by atoms with Crippen LogP contribution in [0.3, 0.4) is 0 Å². The van der Waals surface area contributed by atoms with Gasteiger partial charge in [-0.3, -0.25) is 4.98 Å². The summed E-state index contributed by atoms with van der Waals surface area (Å²) in [6, 6.07) is 15.9. The number of aryl methyl sites for hydroxylation is 1. The van der Waals surface area contributed by atoms with Gasteiger partial charge in [-0.2, -0.15) is 0 Å². The molecular weight excluding hydrogens is 260 g/mol. The Morgan fingerprint density at radius 2 is 1.86 bits per heavy atom. The lowest BCUT2D eigenvalue weighted by Gasteiger charge is -2.18. The Balaban J connectivity index is 2.15. The van der Waals surface area contributed by atoms with Crippen LogP contribution in [0.4, 0.5) is 0 Å². The number of hydrogen-bond acceptors (Lipinski definition) is 3. The zero-order chi connectivity index (χ0) is 14.8. The largest absolute Gasteiger partial charge is 0.496 e. The molecule has 3 aromatic rings. The van der Waals surface area contributed by atoms with Crippen LogP contribution >= 0.6 is 0 Å². The first-order valence-electron chi connectivity index (χ1n) is 6.94. The monoisotopic (exact) mass is 278 g/mol. The quantitative estimate of drug-likeness (QED) is 0.796. The van der Waals surface area contributed by atoms with Crippen LogP contribution < -0.4 is 10.5 Å². The Labute approximate surface area is 124 Å². The van der Waals surface area contributed by atoms with Crippen LogP contribution in [0.5, 0.6) is 5.75 Å². The molecule has 0 radical (unpaired) electrons. The molecule has 0 aliphatic rings. The van der Waals surface area contributed by atoms with E-state index in [9.17, 15) is 0 Å². The number of aromatic nitrogens is 1. The maximum Gasteiger partial charge on any atom is 0.124 e. The molecule has 1 atom stereocenters. The average molecular weight is 278 g/mol. The minimum atomic E-state index is -0.265. The Bertz CT molecular complexity index is 778. The fourth-order valence-electron chi connectivity index (χ4n) is 2.62. The molecule has 2 aromatic carbocycles. The summed E-state index contributed by atoms with van der Waals surface area (Å²) >= 11 is 0. The number of fused-ring (bicyclic) bond motifs is 1. The molecule has 3 nitrogen and oxygen atoms in total. The van der Waals surface area contributed by atoms with Gasteiger partial charge < -0.3 is 10.5 Å². The van der Waals surface area contributed by atoms with Crippen molar-refractivity contribution in [3.8, 4) is 5.75 Å². The number of methoxy groups -OCH3 is 1. The van der Waals surface area contributed by atoms with Gasteiger partial charge in [0.25, 0.3) is 0 Å². The van der Waals surface area contributed by atoms with E-state index >= 15 is 0 Å². The molecule has 0 saturated heterocycles. The van der Waals surface area contributed by atoms with Crippen molar-refractivity contribution >= 4 is 10.9 Å². The first-order chi connectivity index (χ1) is 10.2. The molecule has 2 N–H and O–H groups in total. The van der Waals surface area contributed by atoms with Crippen molar-refractivity contribution in [1.82, 2.24) is 4.98 Å². The van der Waals surface area contributed by atoms with E-state index in [1.165, 1.54) is 0 Å². The highest BCUT2D eigenvalue weighted by Gasteiger charge is 2.16. The summed E-state index contributed by atoms with van der Waals surface area (Å²) in [5.74, 6) is 0.815. The average Bonchev–Trinajstić information content (AvgIpc) is 2.53. The molecule has 3 rings (SSSR count). The van der Waals surface area contributed by atoms with Crippen molar-refractivity contribution in [3.63, 3.8) is 0 Å². The van der Waals surface area contributed by atoms with Gasteiger partial charge in [0.2, 0.25) is 0 Å². The number of nitrogens with zero attached hydrogens (tertiary/aromatic N) is 1. The van der Waals surface area contributed by atoms with Crippen LogP contribution in [0, 0.1) is 6.92 Å². The molecule has 3 heteroatoms. The number of benzene rings is 2. The van der Waals surface area contributed by atoms with E-state index in [-0.39, 0.29) is 6.04 Å². The first kappa shape index (κ1) is 13.6. The third-order valence-electron chi connectivity index (χ3n) is 3.72. The highest BCUT2D eigenvalue weighted by atomic mass is 16.5. The van der Waals surface area contributed by atoms with E-state index in [4.69, 9.17) is 10.5 Å². The normalized spacial score (nSPS) is 12.3. The highest BCUT2D eigenvalue weighted by Crippen LogP contribution is 2.31. The number of nitrogens with two attached hydrogens (primary N) is 1. The second-order valence-corrected chi connectivity index (χ2v) is 5.15. The van der Waals surface area contributed by atoms with E-state index in [0.717, 1.165) is 33.3 Å². The second kappa shape index (κ2) is 5.54. The lowest BCUT2D eigenvalue weighted by molar-refractivity contribution is 0.407. The molecule has 0 aliphatic carbocycles. The van der Waals surface area contributed by atoms with Gasteiger partial charge in [0.15, 0.2) is 0 Å². The number of para-hydroxylation sites is 1. The van der Waals surface area contributed by atoms with E-state index in [1.54, 1.807) is 13.3 Å². The van der Waals surface area contributed by atoms with Crippen molar-refractivity contribution < 1.29 is 4.74 Å². The summed E-state index contributed by atoms with van der Waals surface area (Å²) < 4.78 is 5.48. The topological polar surface area (TPSA) is 48.1 Å². The molecule has 1 heterocycles. The van der Waals surface area contributed by atoms with Gasteiger partial charge in [-0.1, -0.05) is 36.4 Å². The van der Waals surface area contributed by atoms with Crippen LogP contribution in [-0.2, 0) is 0 Å².